The summed E-state index contributed by atoms with van der Waals surface area (Å²) >= 11 is 11.7. The van der Waals surface area contributed by atoms with Crippen molar-refractivity contribution in [1.29, 1.82) is 0 Å². The van der Waals surface area contributed by atoms with Gasteiger partial charge in [0.2, 0.25) is 0 Å². The van der Waals surface area contributed by atoms with Gasteiger partial charge in [-0.3, -0.25) is 9.59 Å². The zero-order valence-corrected chi connectivity index (χ0v) is 13.0. The Labute approximate surface area is 136 Å². The number of hydrogen-bond acceptors (Lipinski definition) is 3. The lowest BCUT2D eigenvalue weighted by molar-refractivity contribution is 0.103. The molecule has 0 saturated carbocycles. The van der Waals surface area contributed by atoms with Gasteiger partial charge in [-0.15, -0.1) is 0 Å². The van der Waals surface area contributed by atoms with Gasteiger partial charge in [0.05, 0.1) is 0 Å². The fourth-order valence-corrected chi connectivity index (χ4v) is 2.88. The predicted octanol–water partition coefficient (Wildman–Crippen LogP) is 3.92. The van der Waals surface area contributed by atoms with Crippen LogP contribution in [0.25, 0.3) is 10.9 Å². The molecule has 3 rings (SSSR count). The van der Waals surface area contributed by atoms with Crippen molar-refractivity contribution in [3.05, 3.63) is 63.5 Å². The highest BCUT2D eigenvalue weighted by Gasteiger charge is 2.14. The topological polar surface area (TPSA) is 52.0 Å². The van der Waals surface area contributed by atoms with Crippen molar-refractivity contribution in [1.82, 2.24) is 9.55 Å². The first-order valence-electron chi connectivity index (χ1n) is 6.41. The van der Waals surface area contributed by atoms with Gasteiger partial charge in [0.25, 0.3) is 0 Å². The summed E-state index contributed by atoms with van der Waals surface area (Å²) in [5, 5.41) is 1.05. The van der Waals surface area contributed by atoms with Gasteiger partial charge < -0.3 is 4.57 Å². The normalized spacial score (nSPS) is 10.9. The van der Waals surface area contributed by atoms with Gasteiger partial charge in [-0.2, -0.15) is 0 Å². The van der Waals surface area contributed by atoms with E-state index in [9.17, 15) is 9.59 Å². The molecule has 0 unspecified atom stereocenters. The number of carbonyl (C=O) groups is 2. The lowest BCUT2D eigenvalue weighted by atomic mass is 10.0. The van der Waals surface area contributed by atoms with Gasteiger partial charge in [0.15, 0.2) is 12.1 Å². The highest BCUT2D eigenvalue weighted by atomic mass is 35.5. The molecule has 0 radical (unpaired) electrons. The number of rotatable bonds is 3. The standard InChI is InChI=1S/C16H10Cl2N2O2/c1-20-7-11(8-21)12-4-9(2-3-13(12)20)16(22)10-5-14(17)19-15(18)6-10/h2-8H,1H3. The van der Waals surface area contributed by atoms with Crippen molar-refractivity contribution >= 4 is 46.2 Å². The Balaban J connectivity index is 2.13. The van der Waals surface area contributed by atoms with Crippen molar-refractivity contribution in [3.63, 3.8) is 0 Å². The molecule has 0 saturated heterocycles. The minimum atomic E-state index is -0.228. The van der Waals surface area contributed by atoms with Crippen molar-refractivity contribution in [2.75, 3.05) is 0 Å². The molecule has 3 aromatic rings. The second kappa shape index (κ2) is 5.55. The molecule has 0 fully saturated rings. The van der Waals surface area contributed by atoms with Crippen molar-refractivity contribution < 1.29 is 9.59 Å². The number of nitrogens with zero attached hydrogens (tertiary/aromatic N) is 2. The molecule has 0 N–H and O–H groups in total. The minimum Gasteiger partial charge on any atom is -0.350 e. The maximum Gasteiger partial charge on any atom is 0.193 e. The van der Waals surface area contributed by atoms with Crippen LogP contribution in [0.4, 0.5) is 0 Å². The zero-order valence-electron chi connectivity index (χ0n) is 11.5. The Kier molecular flexibility index (Phi) is 3.72. The van der Waals surface area contributed by atoms with Gasteiger partial charge in [0, 0.05) is 40.8 Å². The molecule has 0 bridgehead atoms. The molecule has 22 heavy (non-hydrogen) atoms. The molecule has 0 aliphatic carbocycles. The molecule has 0 atom stereocenters. The number of fused-ring (bicyclic) bond motifs is 1. The van der Waals surface area contributed by atoms with E-state index in [2.05, 4.69) is 4.98 Å². The van der Waals surface area contributed by atoms with E-state index in [-0.39, 0.29) is 16.1 Å². The van der Waals surface area contributed by atoms with Gasteiger partial charge in [0.1, 0.15) is 10.3 Å². The molecule has 2 aromatic heterocycles. The molecule has 6 heteroatoms. The number of hydrogen-bond donors (Lipinski definition) is 0. The number of pyridine rings is 1. The van der Waals surface area contributed by atoms with Crippen LogP contribution >= 0.6 is 23.2 Å². The molecule has 0 aliphatic rings. The summed E-state index contributed by atoms with van der Waals surface area (Å²) in [7, 11) is 1.85. The second-order valence-corrected chi connectivity index (χ2v) is 5.65. The highest BCUT2D eigenvalue weighted by Crippen LogP contribution is 2.23. The van der Waals surface area contributed by atoms with E-state index in [0.29, 0.717) is 16.7 Å². The summed E-state index contributed by atoms with van der Waals surface area (Å²) in [6, 6.07) is 8.14. The van der Waals surface area contributed by atoms with E-state index < -0.39 is 0 Å². The van der Waals surface area contributed by atoms with E-state index >= 15 is 0 Å². The summed E-state index contributed by atoms with van der Waals surface area (Å²) in [4.78, 5) is 27.5. The smallest absolute Gasteiger partial charge is 0.193 e. The van der Waals surface area contributed by atoms with Crippen molar-refractivity contribution in [2.45, 2.75) is 0 Å². The summed E-state index contributed by atoms with van der Waals surface area (Å²) < 4.78 is 1.84. The first kappa shape index (κ1) is 14.8. The van der Waals surface area contributed by atoms with E-state index in [0.717, 1.165) is 17.2 Å². The molecular weight excluding hydrogens is 323 g/mol. The number of halogens is 2. The molecule has 110 valence electrons. The van der Waals surface area contributed by atoms with Crippen LogP contribution < -0.4 is 0 Å². The lowest BCUT2D eigenvalue weighted by Crippen LogP contribution is -2.02. The second-order valence-electron chi connectivity index (χ2n) is 4.88. The first-order chi connectivity index (χ1) is 10.5. The van der Waals surface area contributed by atoms with Gasteiger partial charge in [-0.05, 0) is 30.3 Å². The molecule has 4 nitrogen and oxygen atoms in total. The van der Waals surface area contributed by atoms with E-state index in [1.807, 2.05) is 11.6 Å². The SMILES string of the molecule is Cn1cc(C=O)c2cc(C(=O)c3cc(Cl)nc(Cl)c3)ccc21. The number of aromatic nitrogens is 2. The first-order valence-corrected chi connectivity index (χ1v) is 7.17. The van der Waals surface area contributed by atoms with Gasteiger partial charge >= 0.3 is 0 Å². The molecular formula is C16H10Cl2N2O2. The largest absolute Gasteiger partial charge is 0.350 e. The minimum absolute atomic E-state index is 0.158. The molecule has 1 aromatic carbocycles. The molecule has 0 aliphatic heterocycles. The Bertz CT molecular complexity index is 896. The van der Waals surface area contributed by atoms with Crippen LogP contribution in [-0.4, -0.2) is 21.6 Å². The summed E-state index contributed by atoms with van der Waals surface area (Å²) in [5.74, 6) is -0.228. The third kappa shape index (κ3) is 2.51. The van der Waals surface area contributed by atoms with Crippen LogP contribution in [0, 0.1) is 0 Å². The zero-order chi connectivity index (χ0) is 15.9. The summed E-state index contributed by atoms with van der Waals surface area (Å²) in [6.45, 7) is 0. The third-order valence-electron chi connectivity index (χ3n) is 3.43. The molecule has 0 amide bonds. The van der Waals surface area contributed by atoms with Crippen LogP contribution in [-0.2, 0) is 7.05 Å². The maximum absolute atomic E-state index is 12.6. The van der Waals surface area contributed by atoms with Crippen molar-refractivity contribution in [2.24, 2.45) is 7.05 Å². The number of aldehydes is 1. The van der Waals surface area contributed by atoms with E-state index in [4.69, 9.17) is 23.2 Å². The fraction of sp³-hybridized carbons (Fsp3) is 0.0625. The van der Waals surface area contributed by atoms with E-state index in [1.54, 1.807) is 24.4 Å². The Hall–Kier alpha value is -2.17. The number of benzene rings is 1. The Morgan fingerprint density at radius 3 is 2.45 bits per heavy atom. The fourth-order valence-electron chi connectivity index (χ4n) is 2.42. The number of ketones is 1. The van der Waals surface area contributed by atoms with Crippen molar-refractivity contribution in [3.8, 4) is 0 Å². The quantitative estimate of drug-likeness (QED) is 0.415. The molecule has 0 spiro atoms. The van der Waals surface area contributed by atoms with Crippen LogP contribution in [0.2, 0.25) is 10.3 Å². The molecule has 2 heterocycles. The van der Waals surface area contributed by atoms with E-state index in [1.165, 1.54) is 12.1 Å². The van der Waals surface area contributed by atoms with Crippen LogP contribution in [0.3, 0.4) is 0 Å². The maximum atomic E-state index is 12.6. The lowest BCUT2D eigenvalue weighted by Gasteiger charge is -2.04. The monoisotopic (exact) mass is 332 g/mol. The summed E-state index contributed by atoms with van der Waals surface area (Å²) in [5.41, 5.74) is 2.23. The van der Waals surface area contributed by atoms with Gasteiger partial charge in [-0.25, -0.2) is 4.98 Å². The predicted molar refractivity (Wildman–Crippen MR) is 86.0 cm³/mol. The highest BCUT2D eigenvalue weighted by molar-refractivity contribution is 6.33. The van der Waals surface area contributed by atoms with Crippen LogP contribution in [0.5, 0.6) is 0 Å². The Morgan fingerprint density at radius 1 is 1.14 bits per heavy atom. The van der Waals surface area contributed by atoms with Crippen LogP contribution in [0.1, 0.15) is 26.3 Å². The average Bonchev–Trinajstić information content (AvgIpc) is 2.81. The number of aryl methyl sites for hydroxylation is 1. The number of carbonyl (C=O) groups excluding carboxylic acids is 2. The van der Waals surface area contributed by atoms with Crippen LogP contribution in [0.15, 0.2) is 36.5 Å². The summed E-state index contributed by atoms with van der Waals surface area (Å²) in [6.07, 6.45) is 2.50. The van der Waals surface area contributed by atoms with Gasteiger partial charge in [-0.1, -0.05) is 23.2 Å². The third-order valence-corrected chi connectivity index (χ3v) is 3.82. The average molecular weight is 333 g/mol. The Morgan fingerprint density at radius 2 is 1.82 bits per heavy atom.